The molecule has 3 heterocycles. The maximum absolute atomic E-state index is 13.5. The molecule has 2 atom stereocenters. The van der Waals surface area contributed by atoms with E-state index in [0.717, 1.165) is 36.8 Å². The van der Waals surface area contributed by atoms with Crippen LogP contribution in [-0.2, 0) is 4.79 Å². The molecule has 3 aliphatic rings. The van der Waals surface area contributed by atoms with Crippen LogP contribution in [-0.4, -0.2) is 78.6 Å². The highest BCUT2D eigenvalue weighted by Crippen LogP contribution is 2.34. The largest absolute Gasteiger partial charge is 0.497 e. The molecule has 2 saturated heterocycles. The second-order valence-electron chi connectivity index (χ2n) is 11.3. The number of methoxy groups -OCH3 is 1. The lowest BCUT2D eigenvalue weighted by Crippen LogP contribution is -2.64. The van der Waals surface area contributed by atoms with Gasteiger partial charge in [-0.2, -0.15) is 0 Å². The van der Waals surface area contributed by atoms with Crippen molar-refractivity contribution in [1.82, 2.24) is 14.7 Å². The molecular weight excluding hydrogens is 490 g/mol. The van der Waals surface area contributed by atoms with Crippen LogP contribution in [0, 0.1) is 0 Å². The van der Waals surface area contributed by atoms with Crippen molar-refractivity contribution < 1.29 is 14.3 Å². The molecule has 0 saturated carbocycles. The molecule has 1 aromatic carbocycles. The predicted octanol–water partition coefficient (Wildman–Crippen LogP) is 6.26. The van der Waals surface area contributed by atoms with E-state index < -0.39 is 12.2 Å². The second-order valence-corrected chi connectivity index (χ2v) is 11.3. The number of urea groups is 1. The maximum atomic E-state index is 13.5. The molecule has 4 rings (SSSR count). The highest BCUT2D eigenvalue weighted by Gasteiger charge is 2.54. The number of fused-ring (bicyclic) bond motifs is 3. The van der Waals surface area contributed by atoms with E-state index in [0.29, 0.717) is 13.1 Å². The van der Waals surface area contributed by atoms with Crippen molar-refractivity contribution in [3.05, 3.63) is 24.3 Å². The van der Waals surface area contributed by atoms with Crippen molar-refractivity contribution in [1.29, 1.82) is 0 Å². The SMILES string of the molecule is CCCCCCCCCCCCCCCCN1C(=O)C2C(N=C3N(c4ccc(OC)cc4)CCN32)N(C)C1=O. The Morgan fingerprint density at radius 2 is 1.38 bits per heavy atom. The minimum absolute atomic E-state index is 0.104. The molecule has 2 unspecified atom stereocenters. The Morgan fingerprint density at radius 1 is 0.821 bits per heavy atom. The molecule has 0 N–H and O–H groups in total. The lowest BCUT2D eigenvalue weighted by atomic mass is 10.0. The topological polar surface area (TPSA) is 68.7 Å². The van der Waals surface area contributed by atoms with Crippen LogP contribution in [0.4, 0.5) is 10.5 Å². The summed E-state index contributed by atoms with van der Waals surface area (Å²) in [4.78, 5) is 38.8. The average Bonchev–Trinajstić information content (AvgIpc) is 3.53. The number of imide groups is 1. The lowest BCUT2D eigenvalue weighted by Gasteiger charge is -2.40. The highest BCUT2D eigenvalue weighted by atomic mass is 16.5. The van der Waals surface area contributed by atoms with Crippen LogP contribution < -0.4 is 9.64 Å². The van der Waals surface area contributed by atoms with Crippen LogP contribution in [0.2, 0.25) is 0 Å². The van der Waals surface area contributed by atoms with Gasteiger partial charge in [0.15, 0.2) is 12.2 Å². The maximum Gasteiger partial charge on any atom is 0.328 e. The third-order valence-electron chi connectivity index (χ3n) is 8.50. The summed E-state index contributed by atoms with van der Waals surface area (Å²) in [6.07, 6.45) is 17.5. The van der Waals surface area contributed by atoms with Crippen molar-refractivity contribution in [2.24, 2.45) is 4.99 Å². The molecule has 3 amide bonds. The molecule has 39 heavy (non-hydrogen) atoms. The van der Waals surface area contributed by atoms with Gasteiger partial charge >= 0.3 is 6.03 Å². The summed E-state index contributed by atoms with van der Waals surface area (Å²) >= 11 is 0. The summed E-state index contributed by atoms with van der Waals surface area (Å²) < 4.78 is 5.28. The molecule has 8 nitrogen and oxygen atoms in total. The number of likely N-dealkylation sites (N-methyl/N-ethyl adjacent to an activating group) is 1. The number of hydrogen-bond acceptors (Lipinski definition) is 6. The van der Waals surface area contributed by atoms with Crippen molar-refractivity contribution >= 4 is 23.6 Å². The van der Waals surface area contributed by atoms with Crippen LogP contribution in [0.25, 0.3) is 0 Å². The number of ether oxygens (including phenoxy) is 1. The Kier molecular flexibility index (Phi) is 10.9. The van der Waals surface area contributed by atoms with Gasteiger partial charge in [-0.05, 0) is 30.7 Å². The first-order valence-corrected chi connectivity index (χ1v) is 15.4. The van der Waals surface area contributed by atoms with Crippen molar-refractivity contribution in [3.8, 4) is 5.75 Å². The zero-order valence-electron chi connectivity index (χ0n) is 24.4. The average molecular weight is 540 g/mol. The molecule has 0 bridgehead atoms. The number of aliphatic imine (C=N–C) groups is 1. The summed E-state index contributed by atoms with van der Waals surface area (Å²) in [6.45, 7) is 4.24. The quantitative estimate of drug-likeness (QED) is 0.219. The number of amides is 3. The van der Waals surface area contributed by atoms with Gasteiger partial charge in [-0.15, -0.1) is 0 Å². The van der Waals surface area contributed by atoms with Crippen molar-refractivity contribution in [3.63, 3.8) is 0 Å². The van der Waals surface area contributed by atoms with Gasteiger partial charge in [-0.3, -0.25) is 9.69 Å². The second kappa shape index (κ2) is 14.6. The van der Waals surface area contributed by atoms with E-state index >= 15 is 0 Å². The van der Waals surface area contributed by atoms with Gasteiger partial charge in [0.1, 0.15) is 5.75 Å². The van der Waals surface area contributed by atoms with Gasteiger partial charge in [-0.1, -0.05) is 90.4 Å². The number of hydrogen-bond donors (Lipinski definition) is 0. The number of carbonyl (C=O) groups is 2. The van der Waals surface area contributed by atoms with Crippen molar-refractivity contribution in [2.45, 2.75) is 109 Å². The standard InChI is InChI=1S/C31H49N5O3/c1-4-5-6-7-8-9-10-11-12-13-14-15-16-17-22-36-29(37)27-28(33(2)31(36)38)32-30-34(23-24-35(27)30)25-18-20-26(39-3)21-19-25/h18-21,27-28H,4-17,22-24H2,1-3H3. The minimum atomic E-state index is -0.464. The van der Waals surface area contributed by atoms with Crippen LogP contribution in [0.1, 0.15) is 96.8 Å². The Balaban J connectivity index is 1.17. The number of unbranched alkanes of at least 4 members (excludes halogenated alkanes) is 13. The van der Waals surface area contributed by atoms with Gasteiger partial charge in [-0.25, -0.2) is 9.79 Å². The van der Waals surface area contributed by atoms with E-state index in [9.17, 15) is 9.59 Å². The number of anilines is 1. The Hall–Kier alpha value is -2.77. The van der Waals surface area contributed by atoms with Gasteiger partial charge < -0.3 is 19.4 Å². The van der Waals surface area contributed by atoms with Crippen LogP contribution in [0.15, 0.2) is 29.3 Å². The van der Waals surface area contributed by atoms with Crippen molar-refractivity contribution in [2.75, 3.05) is 38.7 Å². The fourth-order valence-corrected chi connectivity index (χ4v) is 6.11. The molecule has 3 aliphatic heterocycles. The number of benzene rings is 1. The normalized spacial score (nSPS) is 20.5. The zero-order chi connectivity index (χ0) is 27.6. The predicted molar refractivity (Wildman–Crippen MR) is 157 cm³/mol. The first-order chi connectivity index (χ1) is 19.1. The van der Waals surface area contributed by atoms with Gasteiger partial charge in [0.2, 0.25) is 5.96 Å². The molecule has 0 aliphatic carbocycles. The first-order valence-electron chi connectivity index (χ1n) is 15.4. The zero-order valence-corrected chi connectivity index (χ0v) is 24.4. The Morgan fingerprint density at radius 3 is 1.95 bits per heavy atom. The molecular formula is C31H49N5O3. The van der Waals surface area contributed by atoms with E-state index in [2.05, 4.69) is 16.7 Å². The van der Waals surface area contributed by atoms with E-state index in [1.807, 2.05) is 24.3 Å². The number of carbonyl (C=O) groups excluding carboxylic acids is 2. The van der Waals surface area contributed by atoms with E-state index in [4.69, 9.17) is 9.73 Å². The smallest absolute Gasteiger partial charge is 0.328 e. The summed E-state index contributed by atoms with van der Waals surface area (Å²) in [6, 6.07) is 7.21. The molecule has 8 heteroatoms. The third-order valence-corrected chi connectivity index (χ3v) is 8.50. The van der Waals surface area contributed by atoms with Gasteiger partial charge in [0, 0.05) is 32.4 Å². The molecule has 1 aromatic rings. The van der Waals surface area contributed by atoms with E-state index in [1.54, 1.807) is 19.1 Å². The highest BCUT2D eigenvalue weighted by molar-refractivity contribution is 6.08. The molecule has 0 spiro atoms. The first kappa shape index (κ1) is 29.2. The Bertz CT molecular complexity index is 965. The monoisotopic (exact) mass is 539 g/mol. The number of rotatable bonds is 17. The molecule has 0 aromatic heterocycles. The van der Waals surface area contributed by atoms with E-state index in [-0.39, 0.29) is 11.9 Å². The molecule has 216 valence electrons. The summed E-state index contributed by atoms with van der Waals surface area (Å²) in [5, 5.41) is 0. The Labute approximate surface area is 235 Å². The minimum Gasteiger partial charge on any atom is -0.497 e. The summed E-state index contributed by atoms with van der Waals surface area (Å²) in [7, 11) is 3.43. The fraction of sp³-hybridized carbons (Fsp3) is 0.710. The van der Waals surface area contributed by atoms with E-state index in [1.165, 1.54) is 81.9 Å². The third kappa shape index (κ3) is 7.06. The number of guanidine groups is 1. The van der Waals surface area contributed by atoms with Gasteiger partial charge in [0.25, 0.3) is 5.91 Å². The van der Waals surface area contributed by atoms with Crippen LogP contribution >= 0.6 is 0 Å². The summed E-state index contributed by atoms with van der Waals surface area (Å²) in [5.41, 5.74) is 1.01. The lowest BCUT2D eigenvalue weighted by molar-refractivity contribution is -0.137. The molecule has 0 radical (unpaired) electrons. The number of nitrogens with zero attached hydrogens (tertiary/aromatic N) is 5. The van der Waals surface area contributed by atoms with Crippen LogP contribution in [0.5, 0.6) is 5.75 Å². The fourth-order valence-electron chi connectivity index (χ4n) is 6.11. The summed E-state index contributed by atoms with van der Waals surface area (Å²) in [5.74, 6) is 1.48. The van der Waals surface area contributed by atoms with Crippen LogP contribution in [0.3, 0.4) is 0 Å². The molecule has 2 fully saturated rings. The van der Waals surface area contributed by atoms with Gasteiger partial charge in [0.05, 0.1) is 7.11 Å².